The zero-order valence-electron chi connectivity index (χ0n) is 11.2. The summed E-state index contributed by atoms with van der Waals surface area (Å²) in [6, 6.07) is 5.73. The fraction of sp³-hybridized carbons (Fsp3) is 0.500. The van der Waals surface area contributed by atoms with E-state index in [1.807, 2.05) is 25.2 Å². The molecule has 0 aliphatic carbocycles. The highest BCUT2D eigenvalue weighted by Crippen LogP contribution is 2.20. The van der Waals surface area contributed by atoms with Crippen LogP contribution in [0, 0.1) is 0 Å². The van der Waals surface area contributed by atoms with Crippen molar-refractivity contribution in [2.75, 3.05) is 30.8 Å². The monoisotopic (exact) mass is 260 g/mol. The lowest BCUT2D eigenvalue weighted by Gasteiger charge is -2.27. The third-order valence-corrected chi connectivity index (χ3v) is 3.61. The van der Waals surface area contributed by atoms with Crippen LogP contribution in [-0.2, 0) is 4.74 Å². The largest absolute Gasteiger partial charge is 0.399 e. The van der Waals surface area contributed by atoms with Crippen molar-refractivity contribution in [2.45, 2.75) is 25.4 Å². The van der Waals surface area contributed by atoms with Gasteiger partial charge in [-0.05, 0) is 37.5 Å². The number of nitrogen functional groups attached to an aromatic ring is 1. The molecule has 5 nitrogen and oxygen atoms in total. The molecule has 0 bridgehead atoms. The molecule has 19 heavy (non-hydrogen) atoms. The Balaban J connectivity index is 1.75. The number of nitrogens with one attached hydrogen (secondary N) is 1. The van der Waals surface area contributed by atoms with Crippen LogP contribution in [0.15, 0.2) is 18.2 Å². The van der Waals surface area contributed by atoms with Crippen molar-refractivity contribution in [3.8, 4) is 0 Å². The van der Waals surface area contributed by atoms with Crippen LogP contribution in [0.1, 0.15) is 19.3 Å². The van der Waals surface area contributed by atoms with Crippen molar-refractivity contribution in [3.63, 3.8) is 0 Å². The molecule has 1 aromatic carbocycles. The number of likely N-dealkylation sites (N-methyl/N-ethyl adjacent to an activating group) is 1. The Hall–Kier alpha value is -1.75. The lowest BCUT2D eigenvalue weighted by atomic mass is 10.1. The molecule has 0 amide bonds. The van der Waals surface area contributed by atoms with E-state index in [1.54, 1.807) is 0 Å². The van der Waals surface area contributed by atoms with E-state index in [0.717, 1.165) is 42.2 Å². The molecular weight excluding hydrogens is 240 g/mol. The van der Waals surface area contributed by atoms with Crippen LogP contribution in [0.4, 0.5) is 11.6 Å². The van der Waals surface area contributed by atoms with Gasteiger partial charge in [0, 0.05) is 25.9 Å². The zero-order valence-corrected chi connectivity index (χ0v) is 11.2. The Morgan fingerprint density at radius 3 is 3.16 bits per heavy atom. The summed E-state index contributed by atoms with van der Waals surface area (Å²) >= 11 is 0. The fourth-order valence-electron chi connectivity index (χ4n) is 2.54. The van der Waals surface area contributed by atoms with E-state index < -0.39 is 0 Å². The van der Waals surface area contributed by atoms with Gasteiger partial charge in [0.15, 0.2) is 0 Å². The number of nitrogens with zero attached hydrogens (tertiary/aromatic N) is 2. The number of hydrogen-bond donors (Lipinski definition) is 2. The normalized spacial score (nSPS) is 19.7. The van der Waals surface area contributed by atoms with Crippen LogP contribution in [0.5, 0.6) is 0 Å². The minimum Gasteiger partial charge on any atom is -0.399 e. The molecule has 5 heteroatoms. The molecule has 1 saturated heterocycles. The average Bonchev–Trinajstić information content (AvgIpc) is 2.83. The number of aromatic amines is 1. The Morgan fingerprint density at radius 2 is 2.37 bits per heavy atom. The maximum Gasteiger partial charge on any atom is 0.203 e. The molecular formula is C14H20N4O. The van der Waals surface area contributed by atoms with E-state index in [2.05, 4.69) is 14.9 Å². The number of benzene rings is 1. The number of rotatable bonds is 3. The lowest BCUT2D eigenvalue weighted by Crippen LogP contribution is -2.33. The second-order valence-electron chi connectivity index (χ2n) is 5.21. The molecule has 1 aliphatic rings. The van der Waals surface area contributed by atoms with Crippen LogP contribution in [0.25, 0.3) is 11.0 Å². The van der Waals surface area contributed by atoms with Crippen molar-refractivity contribution >= 4 is 22.7 Å². The molecule has 2 heterocycles. The summed E-state index contributed by atoms with van der Waals surface area (Å²) in [5.74, 6) is 0.870. The maximum atomic E-state index is 5.78. The molecule has 1 aliphatic heterocycles. The van der Waals surface area contributed by atoms with Crippen LogP contribution < -0.4 is 10.6 Å². The van der Waals surface area contributed by atoms with E-state index in [4.69, 9.17) is 10.5 Å². The quantitative estimate of drug-likeness (QED) is 0.830. The summed E-state index contributed by atoms with van der Waals surface area (Å²) in [7, 11) is 2.04. The number of ether oxygens (including phenoxy) is 1. The van der Waals surface area contributed by atoms with Gasteiger partial charge < -0.3 is 20.4 Å². The number of imidazole rings is 1. The first-order chi connectivity index (χ1) is 9.22. The average molecular weight is 260 g/mol. The number of nitrogens with two attached hydrogens (primary N) is 1. The first-order valence-corrected chi connectivity index (χ1v) is 6.80. The molecule has 0 saturated carbocycles. The van der Waals surface area contributed by atoms with Gasteiger partial charge in [0.25, 0.3) is 0 Å². The van der Waals surface area contributed by atoms with Gasteiger partial charge in [-0.1, -0.05) is 0 Å². The van der Waals surface area contributed by atoms with Crippen molar-refractivity contribution in [1.29, 1.82) is 0 Å². The van der Waals surface area contributed by atoms with Gasteiger partial charge in [0.2, 0.25) is 5.95 Å². The first-order valence-electron chi connectivity index (χ1n) is 6.80. The molecule has 1 aromatic heterocycles. The topological polar surface area (TPSA) is 67.2 Å². The van der Waals surface area contributed by atoms with Gasteiger partial charge in [0.1, 0.15) is 0 Å². The van der Waals surface area contributed by atoms with Gasteiger partial charge in [-0.3, -0.25) is 0 Å². The Morgan fingerprint density at radius 1 is 1.47 bits per heavy atom. The summed E-state index contributed by atoms with van der Waals surface area (Å²) < 4.78 is 5.76. The van der Waals surface area contributed by atoms with Crippen molar-refractivity contribution < 1.29 is 4.74 Å². The third kappa shape index (κ3) is 2.66. The van der Waals surface area contributed by atoms with Gasteiger partial charge >= 0.3 is 0 Å². The molecule has 0 radical (unpaired) electrons. The molecule has 3 rings (SSSR count). The molecule has 1 atom stereocenters. The molecule has 3 N–H and O–H groups in total. The number of H-pyrrole nitrogens is 1. The Bertz CT molecular complexity index is 560. The maximum absolute atomic E-state index is 5.78. The van der Waals surface area contributed by atoms with E-state index >= 15 is 0 Å². The van der Waals surface area contributed by atoms with Gasteiger partial charge in [-0.25, -0.2) is 4.98 Å². The highest BCUT2D eigenvalue weighted by atomic mass is 16.5. The van der Waals surface area contributed by atoms with E-state index in [-0.39, 0.29) is 0 Å². The summed E-state index contributed by atoms with van der Waals surface area (Å²) in [5, 5.41) is 0. The minimum absolute atomic E-state index is 0.317. The lowest BCUT2D eigenvalue weighted by molar-refractivity contribution is 0.0214. The molecule has 2 aromatic rings. The molecule has 1 fully saturated rings. The minimum atomic E-state index is 0.317. The molecule has 0 spiro atoms. The second kappa shape index (κ2) is 5.09. The predicted molar refractivity (Wildman–Crippen MR) is 77.4 cm³/mol. The number of fused-ring (bicyclic) bond motifs is 1. The zero-order chi connectivity index (χ0) is 13.2. The Kier molecular flexibility index (Phi) is 3.29. The first kappa shape index (κ1) is 12.3. The van der Waals surface area contributed by atoms with Crippen LogP contribution in [-0.4, -0.2) is 36.3 Å². The molecule has 1 unspecified atom stereocenters. The summed E-state index contributed by atoms with van der Waals surface area (Å²) in [5.41, 5.74) is 8.45. The standard InChI is InChI=1S/C14H20N4O/c1-18(9-11-4-2-3-7-19-11)14-16-12-6-5-10(15)8-13(12)17-14/h5-6,8,11H,2-4,7,9,15H2,1H3,(H,16,17). The smallest absolute Gasteiger partial charge is 0.203 e. The highest BCUT2D eigenvalue weighted by molar-refractivity contribution is 5.80. The van der Waals surface area contributed by atoms with Crippen molar-refractivity contribution in [3.05, 3.63) is 18.2 Å². The second-order valence-corrected chi connectivity index (χ2v) is 5.21. The van der Waals surface area contributed by atoms with E-state index in [1.165, 1.54) is 12.8 Å². The van der Waals surface area contributed by atoms with Crippen LogP contribution >= 0.6 is 0 Å². The van der Waals surface area contributed by atoms with E-state index in [9.17, 15) is 0 Å². The fourth-order valence-corrected chi connectivity index (χ4v) is 2.54. The number of aromatic nitrogens is 2. The summed E-state index contributed by atoms with van der Waals surface area (Å²) in [6.07, 6.45) is 3.90. The Labute approximate surface area is 112 Å². The van der Waals surface area contributed by atoms with Crippen molar-refractivity contribution in [2.24, 2.45) is 0 Å². The van der Waals surface area contributed by atoms with Crippen molar-refractivity contribution in [1.82, 2.24) is 9.97 Å². The van der Waals surface area contributed by atoms with Gasteiger partial charge in [-0.2, -0.15) is 0 Å². The highest BCUT2D eigenvalue weighted by Gasteiger charge is 2.17. The van der Waals surface area contributed by atoms with Crippen LogP contribution in [0.2, 0.25) is 0 Å². The summed E-state index contributed by atoms with van der Waals surface area (Å²) in [6.45, 7) is 1.75. The SMILES string of the molecule is CN(CC1CCCCO1)c1nc2ccc(N)cc2[nH]1. The van der Waals surface area contributed by atoms with Crippen LogP contribution in [0.3, 0.4) is 0 Å². The summed E-state index contributed by atoms with van der Waals surface area (Å²) in [4.78, 5) is 10.0. The number of hydrogen-bond acceptors (Lipinski definition) is 4. The predicted octanol–water partition coefficient (Wildman–Crippen LogP) is 2.15. The van der Waals surface area contributed by atoms with Gasteiger partial charge in [-0.15, -0.1) is 0 Å². The van der Waals surface area contributed by atoms with Gasteiger partial charge in [0.05, 0.1) is 17.1 Å². The molecule has 102 valence electrons. The number of anilines is 2. The third-order valence-electron chi connectivity index (χ3n) is 3.61. The van der Waals surface area contributed by atoms with E-state index in [0.29, 0.717) is 6.10 Å².